The first-order valence-electron chi connectivity index (χ1n) is 5.75. The molecule has 2 aliphatic rings. The molecule has 3 nitrogen and oxygen atoms in total. The molecule has 0 saturated heterocycles. The highest BCUT2D eigenvalue weighted by Crippen LogP contribution is 2.52. The summed E-state index contributed by atoms with van der Waals surface area (Å²) in [6.07, 6.45) is 6.08. The highest BCUT2D eigenvalue weighted by Gasteiger charge is 2.42. The van der Waals surface area contributed by atoms with Gasteiger partial charge in [-0.05, 0) is 31.1 Å². The van der Waals surface area contributed by atoms with Crippen LogP contribution in [0, 0.1) is 11.8 Å². The molecule has 15 heavy (non-hydrogen) atoms. The first-order valence-corrected chi connectivity index (χ1v) is 6.28. The Morgan fingerprint density at radius 3 is 2.87 bits per heavy atom. The standard InChI is InChI=1S/C11H15ClN2O/c12-4-3-10-13-14-11(15-10)9-6-7-1-2-8(9)5-7/h7-9H,1-6H2. The maximum Gasteiger partial charge on any atom is 0.219 e. The molecular weight excluding hydrogens is 212 g/mol. The molecule has 1 aromatic heterocycles. The highest BCUT2D eigenvalue weighted by atomic mass is 35.5. The quantitative estimate of drug-likeness (QED) is 0.744. The van der Waals surface area contributed by atoms with Crippen molar-refractivity contribution >= 4 is 11.6 Å². The van der Waals surface area contributed by atoms with Crippen LogP contribution in [0.4, 0.5) is 0 Å². The van der Waals surface area contributed by atoms with Gasteiger partial charge in [0.05, 0.1) is 0 Å². The van der Waals surface area contributed by atoms with Crippen LogP contribution in [0.2, 0.25) is 0 Å². The molecule has 3 unspecified atom stereocenters. The zero-order valence-corrected chi connectivity index (χ0v) is 9.41. The van der Waals surface area contributed by atoms with Crippen LogP contribution in [0.25, 0.3) is 0 Å². The number of aryl methyl sites for hydroxylation is 1. The lowest BCUT2D eigenvalue weighted by Crippen LogP contribution is -2.08. The monoisotopic (exact) mass is 226 g/mol. The Morgan fingerprint density at radius 2 is 2.20 bits per heavy atom. The fourth-order valence-electron chi connectivity index (χ4n) is 3.15. The molecule has 0 radical (unpaired) electrons. The van der Waals surface area contributed by atoms with E-state index in [9.17, 15) is 0 Å². The number of nitrogens with zero attached hydrogens (tertiary/aromatic N) is 2. The Bertz CT molecular complexity index is 352. The van der Waals surface area contributed by atoms with Gasteiger partial charge in [0.2, 0.25) is 11.8 Å². The van der Waals surface area contributed by atoms with Crippen molar-refractivity contribution in [2.45, 2.75) is 38.0 Å². The molecule has 2 bridgehead atoms. The van der Waals surface area contributed by atoms with Gasteiger partial charge in [-0.1, -0.05) is 6.42 Å². The fraction of sp³-hybridized carbons (Fsp3) is 0.818. The van der Waals surface area contributed by atoms with Crippen LogP contribution in [0.5, 0.6) is 0 Å². The Morgan fingerprint density at radius 1 is 1.27 bits per heavy atom. The lowest BCUT2D eigenvalue weighted by atomic mass is 9.89. The van der Waals surface area contributed by atoms with Gasteiger partial charge in [0.15, 0.2) is 0 Å². The zero-order valence-electron chi connectivity index (χ0n) is 8.66. The van der Waals surface area contributed by atoms with Crippen molar-refractivity contribution in [3.05, 3.63) is 11.8 Å². The summed E-state index contributed by atoms with van der Waals surface area (Å²) in [5.74, 6) is 4.38. The molecule has 0 N–H and O–H groups in total. The minimum Gasteiger partial charge on any atom is -0.425 e. The van der Waals surface area contributed by atoms with E-state index in [1.807, 2.05) is 0 Å². The number of hydrogen-bond acceptors (Lipinski definition) is 3. The van der Waals surface area contributed by atoms with Crippen molar-refractivity contribution in [2.75, 3.05) is 5.88 Å². The molecule has 0 aromatic carbocycles. The van der Waals surface area contributed by atoms with E-state index in [1.165, 1.54) is 25.7 Å². The third-order valence-corrected chi connectivity index (χ3v) is 4.04. The molecule has 0 spiro atoms. The summed E-state index contributed by atoms with van der Waals surface area (Å²) in [7, 11) is 0. The van der Waals surface area contributed by atoms with Crippen LogP contribution in [0.15, 0.2) is 4.42 Å². The highest BCUT2D eigenvalue weighted by molar-refractivity contribution is 6.17. The topological polar surface area (TPSA) is 38.9 Å². The number of aromatic nitrogens is 2. The smallest absolute Gasteiger partial charge is 0.219 e. The second-order valence-corrected chi connectivity index (χ2v) is 5.13. The van der Waals surface area contributed by atoms with E-state index >= 15 is 0 Å². The van der Waals surface area contributed by atoms with E-state index in [4.69, 9.17) is 16.0 Å². The summed E-state index contributed by atoms with van der Waals surface area (Å²) in [6.45, 7) is 0. The summed E-state index contributed by atoms with van der Waals surface area (Å²) in [5, 5.41) is 8.19. The molecule has 3 atom stereocenters. The summed E-state index contributed by atoms with van der Waals surface area (Å²) < 4.78 is 5.65. The predicted octanol–water partition coefficient (Wildman–Crippen LogP) is 2.75. The minimum atomic E-state index is 0.542. The van der Waals surface area contributed by atoms with E-state index in [2.05, 4.69) is 10.2 Å². The maximum atomic E-state index is 5.65. The molecule has 1 aromatic rings. The van der Waals surface area contributed by atoms with Crippen LogP contribution in [-0.4, -0.2) is 16.1 Å². The van der Waals surface area contributed by atoms with Gasteiger partial charge in [0.25, 0.3) is 0 Å². The van der Waals surface area contributed by atoms with Gasteiger partial charge >= 0.3 is 0 Å². The Kier molecular flexibility index (Phi) is 2.43. The average molecular weight is 227 g/mol. The van der Waals surface area contributed by atoms with Gasteiger partial charge < -0.3 is 4.42 Å². The lowest BCUT2D eigenvalue weighted by Gasteiger charge is -2.17. The molecule has 82 valence electrons. The average Bonchev–Trinajstić information content (AvgIpc) is 2.91. The molecule has 2 fully saturated rings. The molecule has 4 heteroatoms. The van der Waals surface area contributed by atoms with E-state index < -0.39 is 0 Å². The van der Waals surface area contributed by atoms with E-state index in [0.717, 1.165) is 17.7 Å². The van der Waals surface area contributed by atoms with Gasteiger partial charge in [-0.15, -0.1) is 21.8 Å². The normalized spacial score (nSPS) is 33.8. The first kappa shape index (κ1) is 9.64. The van der Waals surface area contributed by atoms with Gasteiger partial charge in [0.1, 0.15) is 0 Å². The lowest BCUT2D eigenvalue weighted by molar-refractivity contribution is 0.336. The van der Waals surface area contributed by atoms with Gasteiger partial charge in [-0.25, -0.2) is 0 Å². The van der Waals surface area contributed by atoms with Crippen molar-refractivity contribution in [1.29, 1.82) is 0 Å². The number of fused-ring (bicyclic) bond motifs is 2. The minimum absolute atomic E-state index is 0.542. The number of rotatable bonds is 3. The maximum absolute atomic E-state index is 5.65. The molecule has 0 aliphatic heterocycles. The third kappa shape index (κ3) is 1.67. The van der Waals surface area contributed by atoms with Gasteiger partial charge in [-0.3, -0.25) is 0 Å². The van der Waals surface area contributed by atoms with E-state index in [1.54, 1.807) is 0 Å². The first-order chi connectivity index (χ1) is 7.36. The predicted molar refractivity (Wildman–Crippen MR) is 56.9 cm³/mol. The van der Waals surface area contributed by atoms with Gasteiger partial charge in [0, 0.05) is 18.2 Å². The van der Waals surface area contributed by atoms with Gasteiger partial charge in [-0.2, -0.15) is 0 Å². The fourth-order valence-corrected chi connectivity index (χ4v) is 3.31. The molecule has 3 rings (SSSR count). The van der Waals surface area contributed by atoms with Crippen molar-refractivity contribution in [1.82, 2.24) is 10.2 Å². The molecule has 2 aliphatic carbocycles. The molecule has 1 heterocycles. The number of hydrogen-bond donors (Lipinski definition) is 0. The molecule has 0 amide bonds. The van der Waals surface area contributed by atoms with Crippen LogP contribution in [-0.2, 0) is 6.42 Å². The Labute approximate surface area is 94.2 Å². The van der Waals surface area contributed by atoms with Crippen molar-refractivity contribution < 1.29 is 4.42 Å². The van der Waals surface area contributed by atoms with Crippen molar-refractivity contribution in [2.24, 2.45) is 11.8 Å². The van der Waals surface area contributed by atoms with Crippen molar-refractivity contribution in [3.63, 3.8) is 0 Å². The van der Waals surface area contributed by atoms with Crippen LogP contribution in [0.3, 0.4) is 0 Å². The van der Waals surface area contributed by atoms with E-state index in [-0.39, 0.29) is 0 Å². The Balaban J connectivity index is 1.75. The summed E-state index contributed by atoms with van der Waals surface area (Å²) in [6, 6.07) is 0. The largest absolute Gasteiger partial charge is 0.425 e. The molecule has 2 saturated carbocycles. The third-order valence-electron chi connectivity index (χ3n) is 3.85. The SMILES string of the molecule is ClCCc1nnc(C2CC3CCC2C3)o1. The summed E-state index contributed by atoms with van der Waals surface area (Å²) in [4.78, 5) is 0. The van der Waals surface area contributed by atoms with Crippen LogP contribution >= 0.6 is 11.6 Å². The second-order valence-electron chi connectivity index (χ2n) is 4.75. The van der Waals surface area contributed by atoms with Crippen molar-refractivity contribution in [3.8, 4) is 0 Å². The summed E-state index contributed by atoms with van der Waals surface area (Å²) >= 11 is 5.64. The number of alkyl halides is 1. The number of halogens is 1. The Hall–Kier alpha value is -0.570. The van der Waals surface area contributed by atoms with Crippen LogP contribution < -0.4 is 0 Å². The van der Waals surface area contributed by atoms with Crippen LogP contribution in [0.1, 0.15) is 43.4 Å². The van der Waals surface area contributed by atoms with E-state index in [0.29, 0.717) is 24.1 Å². The summed E-state index contributed by atoms with van der Waals surface area (Å²) in [5.41, 5.74) is 0. The molecular formula is C11H15ClN2O. The zero-order chi connectivity index (χ0) is 10.3. The second kappa shape index (κ2) is 3.78.